The van der Waals surface area contributed by atoms with Gasteiger partial charge in [-0.25, -0.2) is 0 Å². The Morgan fingerprint density at radius 2 is 2.12 bits per heavy atom. The molecule has 0 radical (unpaired) electrons. The first-order valence-corrected chi connectivity index (χ1v) is 6.91. The molecule has 0 amide bonds. The van der Waals surface area contributed by atoms with Gasteiger partial charge in [-0.2, -0.15) is 0 Å². The van der Waals surface area contributed by atoms with Gasteiger partial charge >= 0.3 is 0 Å². The normalized spacial score (nSPS) is 13.4. The molecule has 0 aliphatic rings. The van der Waals surface area contributed by atoms with Crippen LogP contribution in [0.1, 0.15) is 26.0 Å². The molecule has 0 spiro atoms. The predicted octanol–water partition coefficient (Wildman–Crippen LogP) is 3.30. The van der Waals surface area contributed by atoms with Crippen LogP contribution in [0.3, 0.4) is 0 Å². The van der Waals surface area contributed by atoms with Gasteiger partial charge in [-0.1, -0.05) is 13.8 Å². The van der Waals surface area contributed by atoms with Crippen LogP contribution in [0.15, 0.2) is 19.6 Å². The summed E-state index contributed by atoms with van der Waals surface area (Å²) >= 11 is 6.68. The van der Waals surface area contributed by atoms with Gasteiger partial charge in [0.15, 0.2) is 4.67 Å². The Kier molecular flexibility index (Phi) is 6.03. The molecule has 5 heteroatoms. The van der Waals surface area contributed by atoms with Crippen LogP contribution in [0.4, 0.5) is 0 Å². The number of aliphatic hydroxyl groups is 1. The molecule has 1 unspecified atom stereocenters. The van der Waals surface area contributed by atoms with Gasteiger partial charge in [0.1, 0.15) is 5.76 Å². The van der Waals surface area contributed by atoms with Crippen LogP contribution in [0, 0.1) is 5.92 Å². The van der Waals surface area contributed by atoms with Gasteiger partial charge in [-0.15, -0.1) is 0 Å². The highest BCUT2D eigenvalue weighted by Crippen LogP contribution is 2.26. The lowest BCUT2D eigenvalue weighted by Crippen LogP contribution is -2.34. The third kappa shape index (κ3) is 4.20. The fourth-order valence-corrected chi connectivity index (χ4v) is 2.18. The molecule has 92 valence electrons. The third-order valence-corrected chi connectivity index (χ3v) is 4.19. The zero-order valence-corrected chi connectivity index (χ0v) is 12.6. The van der Waals surface area contributed by atoms with E-state index in [0.29, 0.717) is 23.2 Å². The highest BCUT2D eigenvalue weighted by Gasteiger charge is 2.13. The van der Waals surface area contributed by atoms with E-state index in [-0.39, 0.29) is 6.61 Å². The number of hydrogen-bond donors (Lipinski definition) is 2. The molecule has 0 fully saturated rings. The van der Waals surface area contributed by atoms with E-state index in [4.69, 9.17) is 9.52 Å². The lowest BCUT2D eigenvalue weighted by Gasteiger charge is -2.20. The van der Waals surface area contributed by atoms with Crippen molar-refractivity contribution in [3.63, 3.8) is 0 Å². The maximum Gasteiger partial charge on any atom is 0.183 e. The van der Waals surface area contributed by atoms with Crippen LogP contribution >= 0.6 is 31.9 Å². The average Bonchev–Trinajstić information content (AvgIpc) is 2.53. The van der Waals surface area contributed by atoms with Gasteiger partial charge in [-0.3, -0.25) is 0 Å². The van der Waals surface area contributed by atoms with Crippen molar-refractivity contribution in [2.75, 3.05) is 6.61 Å². The molecule has 0 saturated carbocycles. The molecule has 2 N–H and O–H groups in total. The van der Waals surface area contributed by atoms with Crippen LogP contribution in [-0.4, -0.2) is 17.8 Å². The van der Waals surface area contributed by atoms with Crippen LogP contribution < -0.4 is 5.32 Å². The fourth-order valence-electron chi connectivity index (χ4n) is 1.52. The SMILES string of the molecule is CC(C)C(CCO)NCc1cc(Br)c(Br)o1. The molecule has 16 heavy (non-hydrogen) atoms. The van der Waals surface area contributed by atoms with E-state index in [9.17, 15) is 0 Å². The standard InChI is InChI=1S/C11H17Br2NO2/c1-7(2)10(3-4-15)14-6-8-5-9(12)11(13)16-8/h5,7,10,14-15H,3-4,6H2,1-2H3. The summed E-state index contributed by atoms with van der Waals surface area (Å²) in [5.41, 5.74) is 0. The molecular formula is C11H17Br2NO2. The number of nitrogens with one attached hydrogen (secondary N) is 1. The van der Waals surface area contributed by atoms with Crippen molar-refractivity contribution in [2.24, 2.45) is 5.92 Å². The molecule has 0 bridgehead atoms. The molecule has 1 aromatic rings. The van der Waals surface area contributed by atoms with Crippen LogP contribution in [0.5, 0.6) is 0 Å². The number of furan rings is 1. The minimum Gasteiger partial charge on any atom is -0.452 e. The van der Waals surface area contributed by atoms with Gasteiger partial charge in [-0.05, 0) is 50.3 Å². The summed E-state index contributed by atoms with van der Waals surface area (Å²) in [7, 11) is 0. The quantitative estimate of drug-likeness (QED) is 0.823. The average molecular weight is 355 g/mol. The van der Waals surface area contributed by atoms with Crippen molar-refractivity contribution in [1.82, 2.24) is 5.32 Å². The third-order valence-electron chi connectivity index (χ3n) is 2.48. The number of halogens is 2. The Morgan fingerprint density at radius 3 is 2.56 bits per heavy atom. The molecular weight excluding hydrogens is 338 g/mol. The second-order valence-electron chi connectivity index (χ2n) is 4.08. The summed E-state index contributed by atoms with van der Waals surface area (Å²) in [5, 5.41) is 12.3. The van der Waals surface area contributed by atoms with Crippen molar-refractivity contribution in [1.29, 1.82) is 0 Å². The van der Waals surface area contributed by atoms with Gasteiger partial charge < -0.3 is 14.8 Å². The van der Waals surface area contributed by atoms with E-state index >= 15 is 0 Å². The summed E-state index contributed by atoms with van der Waals surface area (Å²) in [5.74, 6) is 1.37. The zero-order chi connectivity index (χ0) is 12.1. The second kappa shape index (κ2) is 6.79. The van der Waals surface area contributed by atoms with Crippen molar-refractivity contribution in [3.05, 3.63) is 21.0 Å². The molecule has 0 aliphatic heterocycles. The van der Waals surface area contributed by atoms with Gasteiger partial charge in [0.05, 0.1) is 11.0 Å². The number of hydrogen-bond acceptors (Lipinski definition) is 3. The highest BCUT2D eigenvalue weighted by molar-refractivity contribution is 9.13. The zero-order valence-electron chi connectivity index (χ0n) is 9.46. The van der Waals surface area contributed by atoms with Crippen LogP contribution in [0.25, 0.3) is 0 Å². The molecule has 3 nitrogen and oxygen atoms in total. The van der Waals surface area contributed by atoms with Crippen molar-refractivity contribution < 1.29 is 9.52 Å². The van der Waals surface area contributed by atoms with E-state index in [1.807, 2.05) is 6.07 Å². The van der Waals surface area contributed by atoms with Gasteiger partial charge in [0.25, 0.3) is 0 Å². The Hall–Kier alpha value is 0.160. The van der Waals surface area contributed by atoms with Crippen molar-refractivity contribution >= 4 is 31.9 Å². The van der Waals surface area contributed by atoms with Crippen molar-refractivity contribution in [2.45, 2.75) is 32.9 Å². The topological polar surface area (TPSA) is 45.4 Å². The van der Waals surface area contributed by atoms with Gasteiger partial charge in [0, 0.05) is 12.6 Å². The molecule has 0 aliphatic carbocycles. The first-order chi connectivity index (χ1) is 7.54. The molecule has 0 saturated heterocycles. The van der Waals surface area contributed by atoms with E-state index in [0.717, 1.165) is 16.7 Å². The molecule has 1 atom stereocenters. The van der Waals surface area contributed by atoms with Crippen LogP contribution in [0.2, 0.25) is 0 Å². The molecule has 1 rings (SSSR count). The van der Waals surface area contributed by atoms with E-state index in [1.165, 1.54) is 0 Å². The Labute approximate surface area is 113 Å². The molecule has 0 aromatic carbocycles. The number of rotatable bonds is 6. The lowest BCUT2D eigenvalue weighted by molar-refractivity contribution is 0.241. The largest absolute Gasteiger partial charge is 0.452 e. The summed E-state index contributed by atoms with van der Waals surface area (Å²) < 4.78 is 7.11. The Morgan fingerprint density at radius 1 is 1.44 bits per heavy atom. The summed E-state index contributed by atoms with van der Waals surface area (Å²) in [6, 6.07) is 2.25. The van der Waals surface area contributed by atoms with Gasteiger partial charge in [0.2, 0.25) is 0 Å². The second-order valence-corrected chi connectivity index (χ2v) is 5.65. The first-order valence-electron chi connectivity index (χ1n) is 5.32. The smallest absolute Gasteiger partial charge is 0.183 e. The summed E-state index contributed by atoms with van der Waals surface area (Å²) in [4.78, 5) is 0. The maximum absolute atomic E-state index is 8.95. The summed E-state index contributed by atoms with van der Waals surface area (Å²) in [6.45, 7) is 5.16. The molecule has 1 aromatic heterocycles. The van der Waals surface area contributed by atoms with E-state index in [1.54, 1.807) is 0 Å². The minimum atomic E-state index is 0.210. The summed E-state index contributed by atoms with van der Waals surface area (Å²) in [6.07, 6.45) is 0.765. The lowest BCUT2D eigenvalue weighted by atomic mass is 10.0. The minimum absolute atomic E-state index is 0.210. The first kappa shape index (κ1) is 14.2. The fraction of sp³-hybridized carbons (Fsp3) is 0.636. The monoisotopic (exact) mass is 353 g/mol. The number of aliphatic hydroxyl groups excluding tert-OH is 1. The van der Waals surface area contributed by atoms with E-state index in [2.05, 4.69) is 51.0 Å². The van der Waals surface area contributed by atoms with Crippen LogP contribution in [-0.2, 0) is 6.54 Å². The Balaban J connectivity index is 2.48. The van der Waals surface area contributed by atoms with E-state index < -0.39 is 0 Å². The van der Waals surface area contributed by atoms with Crippen molar-refractivity contribution in [3.8, 4) is 0 Å². The Bertz CT molecular complexity index is 306. The maximum atomic E-state index is 8.95. The molecule has 1 heterocycles. The highest BCUT2D eigenvalue weighted by atomic mass is 79.9. The predicted molar refractivity (Wildman–Crippen MR) is 71.3 cm³/mol.